The smallest absolute Gasteiger partial charge is 0.253 e. The fraction of sp³-hybridized carbons (Fsp3) is 0.364. The summed E-state index contributed by atoms with van der Waals surface area (Å²) in [4.78, 5) is 24.6. The average molecular weight is 368 g/mol. The molecule has 0 aliphatic rings. The minimum atomic E-state index is -0.190. The maximum atomic E-state index is 12.3. The largest absolute Gasteiger partial charge is 0.493 e. The number of ether oxygens (including phenoxy) is 1. The molecule has 2 amide bonds. The number of hydrogen-bond donors (Lipinski definition) is 2. The molecule has 0 aliphatic heterocycles. The van der Waals surface area contributed by atoms with E-state index in [1.807, 2.05) is 45.9 Å². The molecule has 2 N–H and O–H groups in total. The fourth-order valence-electron chi connectivity index (χ4n) is 2.53. The highest BCUT2D eigenvalue weighted by Crippen LogP contribution is 2.21. The number of benzene rings is 2. The third-order valence-electron chi connectivity index (χ3n) is 4.26. The lowest BCUT2D eigenvalue weighted by Gasteiger charge is -2.13. The summed E-state index contributed by atoms with van der Waals surface area (Å²) in [5.74, 6) is 0.768. The third kappa shape index (κ3) is 6.13. The summed E-state index contributed by atoms with van der Waals surface area (Å²) in [6.45, 7) is 8.95. The Kier molecular flexibility index (Phi) is 7.41. The number of aryl methyl sites for hydroxylation is 1. The summed E-state index contributed by atoms with van der Waals surface area (Å²) in [5, 5.41) is 5.68. The Balaban J connectivity index is 1.92. The zero-order valence-corrected chi connectivity index (χ0v) is 16.5. The Hall–Kier alpha value is -2.82. The van der Waals surface area contributed by atoms with Gasteiger partial charge in [0.15, 0.2) is 0 Å². The number of amides is 2. The number of para-hydroxylation sites is 1. The molecule has 144 valence electrons. The Bertz CT molecular complexity index is 800. The molecule has 0 fully saturated rings. The molecule has 2 rings (SSSR count). The molecule has 0 heterocycles. The molecule has 0 saturated carbocycles. The van der Waals surface area contributed by atoms with Gasteiger partial charge in [-0.3, -0.25) is 9.59 Å². The van der Waals surface area contributed by atoms with Crippen LogP contribution in [-0.4, -0.2) is 25.0 Å². The van der Waals surface area contributed by atoms with Gasteiger partial charge >= 0.3 is 0 Å². The van der Waals surface area contributed by atoms with Gasteiger partial charge in [0, 0.05) is 6.54 Å². The number of hydrogen-bond acceptors (Lipinski definition) is 3. The molecule has 0 radical (unpaired) electrons. The van der Waals surface area contributed by atoms with Crippen molar-refractivity contribution in [2.45, 2.75) is 34.1 Å². The maximum Gasteiger partial charge on any atom is 0.253 e. The van der Waals surface area contributed by atoms with Crippen molar-refractivity contribution in [2.24, 2.45) is 5.92 Å². The van der Waals surface area contributed by atoms with Crippen molar-refractivity contribution >= 4 is 17.5 Å². The topological polar surface area (TPSA) is 67.4 Å². The second kappa shape index (κ2) is 9.76. The molecule has 0 aliphatic carbocycles. The molecule has 27 heavy (non-hydrogen) atoms. The van der Waals surface area contributed by atoms with Crippen molar-refractivity contribution in [1.82, 2.24) is 5.32 Å². The van der Waals surface area contributed by atoms with Crippen LogP contribution in [-0.2, 0) is 4.79 Å². The average Bonchev–Trinajstić information content (AvgIpc) is 2.63. The molecule has 2 aromatic carbocycles. The molecule has 5 heteroatoms. The molecular weight excluding hydrogens is 340 g/mol. The normalized spacial score (nSPS) is 10.6. The lowest BCUT2D eigenvalue weighted by molar-refractivity contribution is -0.116. The van der Waals surface area contributed by atoms with Gasteiger partial charge in [-0.1, -0.05) is 38.1 Å². The van der Waals surface area contributed by atoms with Crippen molar-refractivity contribution in [1.29, 1.82) is 0 Å². The number of carbonyl (C=O) groups excluding carboxylic acids is 2. The fourth-order valence-corrected chi connectivity index (χ4v) is 2.53. The van der Waals surface area contributed by atoms with Crippen LogP contribution in [0.3, 0.4) is 0 Å². The zero-order chi connectivity index (χ0) is 19.8. The van der Waals surface area contributed by atoms with Crippen LogP contribution in [0.25, 0.3) is 0 Å². The molecule has 0 aromatic heterocycles. The first-order valence-corrected chi connectivity index (χ1v) is 9.24. The van der Waals surface area contributed by atoms with E-state index in [9.17, 15) is 9.59 Å². The van der Waals surface area contributed by atoms with Crippen LogP contribution >= 0.6 is 0 Å². The van der Waals surface area contributed by atoms with Crippen molar-refractivity contribution in [2.75, 3.05) is 18.5 Å². The summed E-state index contributed by atoms with van der Waals surface area (Å²) in [6, 6.07) is 12.9. The molecule has 0 spiro atoms. The Morgan fingerprint density at radius 2 is 1.78 bits per heavy atom. The lowest BCUT2D eigenvalue weighted by Crippen LogP contribution is -2.28. The van der Waals surface area contributed by atoms with Crippen molar-refractivity contribution < 1.29 is 14.3 Å². The molecule has 0 atom stereocenters. The summed E-state index contributed by atoms with van der Waals surface area (Å²) in [5.41, 5.74) is 3.20. The maximum absolute atomic E-state index is 12.3. The van der Waals surface area contributed by atoms with E-state index in [1.54, 1.807) is 24.3 Å². The van der Waals surface area contributed by atoms with Crippen LogP contribution in [0.1, 0.15) is 41.8 Å². The molecule has 0 bridgehead atoms. The van der Waals surface area contributed by atoms with Crippen LogP contribution in [0, 0.1) is 19.8 Å². The van der Waals surface area contributed by atoms with Crippen molar-refractivity contribution in [3.8, 4) is 5.75 Å². The van der Waals surface area contributed by atoms with Crippen LogP contribution in [0.4, 0.5) is 5.69 Å². The monoisotopic (exact) mass is 368 g/mol. The van der Waals surface area contributed by atoms with Gasteiger partial charge in [-0.15, -0.1) is 0 Å². The predicted octanol–water partition coefficient (Wildman–Crippen LogP) is 4.10. The molecule has 5 nitrogen and oxygen atoms in total. The van der Waals surface area contributed by atoms with E-state index in [0.717, 1.165) is 16.9 Å². The van der Waals surface area contributed by atoms with Gasteiger partial charge in [-0.2, -0.15) is 0 Å². The summed E-state index contributed by atoms with van der Waals surface area (Å²) >= 11 is 0. The first-order chi connectivity index (χ1) is 12.9. The van der Waals surface area contributed by atoms with E-state index in [1.165, 1.54) is 0 Å². The Morgan fingerprint density at radius 3 is 2.52 bits per heavy atom. The van der Waals surface area contributed by atoms with Crippen molar-refractivity contribution in [3.05, 3.63) is 59.2 Å². The van der Waals surface area contributed by atoms with Gasteiger partial charge in [0.2, 0.25) is 5.91 Å². The Labute approximate surface area is 161 Å². The third-order valence-corrected chi connectivity index (χ3v) is 4.26. The number of anilines is 1. The van der Waals surface area contributed by atoms with Crippen molar-refractivity contribution in [3.63, 3.8) is 0 Å². The number of nitrogens with one attached hydrogen (secondary N) is 2. The van der Waals surface area contributed by atoms with Crippen LogP contribution < -0.4 is 15.4 Å². The molecule has 0 unspecified atom stereocenters. The van der Waals surface area contributed by atoms with E-state index in [2.05, 4.69) is 10.6 Å². The predicted molar refractivity (Wildman–Crippen MR) is 108 cm³/mol. The van der Waals surface area contributed by atoms with E-state index >= 15 is 0 Å². The quantitative estimate of drug-likeness (QED) is 0.737. The van der Waals surface area contributed by atoms with E-state index in [0.29, 0.717) is 23.7 Å². The summed E-state index contributed by atoms with van der Waals surface area (Å²) in [6.07, 6.45) is 0.204. The van der Waals surface area contributed by atoms with E-state index in [-0.39, 0.29) is 24.8 Å². The summed E-state index contributed by atoms with van der Waals surface area (Å²) in [7, 11) is 0. The summed E-state index contributed by atoms with van der Waals surface area (Å²) < 4.78 is 5.73. The van der Waals surface area contributed by atoms with Gasteiger partial charge in [0.25, 0.3) is 5.91 Å². The van der Waals surface area contributed by atoms with Gasteiger partial charge in [-0.25, -0.2) is 0 Å². The highest BCUT2D eigenvalue weighted by Gasteiger charge is 2.13. The second-order valence-electron chi connectivity index (χ2n) is 6.99. The minimum absolute atomic E-state index is 0.189. The molecule has 2 aromatic rings. The molecular formula is C22H28N2O3. The standard InChI is InChI=1S/C22H28N2O3/c1-15(2)14-23-22(26)18-9-5-6-10-19(18)24-21(25)12-13-27-20-11-7-8-16(3)17(20)4/h5-11,15H,12-14H2,1-4H3,(H,23,26)(H,24,25). The van der Waals surface area contributed by atoms with Gasteiger partial charge in [-0.05, 0) is 49.1 Å². The van der Waals surface area contributed by atoms with E-state index in [4.69, 9.17) is 4.74 Å². The van der Waals surface area contributed by atoms with Gasteiger partial charge in [0.05, 0.1) is 24.3 Å². The van der Waals surface area contributed by atoms with Crippen LogP contribution in [0.2, 0.25) is 0 Å². The van der Waals surface area contributed by atoms with E-state index < -0.39 is 0 Å². The van der Waals surface area contributed by atoms with Gasteiger partial charge < -0.3 is 15.4 Å². The van der Waals surface area contributed by atoms with Crippen LogP contribution in [0.15, 0.2) is 42.5 Å². The molecule has 0 saturated heterocycles. The number of carbonyl (C=O) groups is 2. The lowest BCUT2D eigenvalue weighted by atomic mass is 10.1. The number of rotatable bonds is 8. The SMILES string of the molecule is Cc1cccc(OCCC(=O)Nc2ccccc2C(=O)NCC(C)C)c1C. The highest BCUT2D eigenvalue weighted by atomic mass is 16.5. The van der Waals surface area contributed by atoms with Gasteiger partial charge in [0.1, 0.15) is 5.75 Å². The second-order valence-corrected chi connectivity index (χ2v) is 6.99. The Morgan fingerprint density at radius 1 is 1.04 bits per heavy atom. The zero-order valence-electron chi connectivity index (χ0n) is 16.5. The first kappa shape index (κ1) is 20.5. The first-order valence-electron chi connectivity index (χ1n) is 9.24. The highest BCUT2D eigenvalue weighted by molar-refractivity contribution is 6.03. The minimum Gasteiger partial charge on any atom is -0.493 e. The van der Waals surface area contributed by atoms with Crippen LogP contribution in [0.5, 0.6) is 5.75 Å².